The molecular weight excluding hydrogens is 507 g/mol. The summed E-state index contributed by atoms with van der Waals surface area (Å²) in [5.74, 6) is -2.69. The molecule has 2 aromatic heterocycles. The Morgan fingerprint density at radius 3 is 2.44 bits per heavy atom. The molecule has 1 fully saturated rings. The molecule has 4 rings (SSSR count). The molecule has 0 aliphatic carbocycles. The van der Waals surface area contributed by atoms with E-state index < -0.39 is 46.2 Å². The molecule has 1 aromatic carbocycles. The van der Waals surface area contributed by atoms with Gasteiger partial charge in [0.05, 0.1) is 29.6 Å². The maximum Gasteiger partial charge on any atom is 0.418 e. The van der Waals surface area contributed by atoms with E-state index in [1.807, 2.05) is 0 Å². The van der Waals surface area contributed by atoms with E-state index in [0.29, 0.717) is 24.3 Å². The van der Waals surface area contributed by atoms with Crippen molar-refractivity contribution in [1.29, 1.82) is 0 Å². The zero-order valence-electron chi connectivity index (χ0n) is 18.7. The Bertz CT molecular complexity index is 1200. The molecule has 1 amide bonds. The number of pyridine rings is 2. The summed E-state index contributed by atoms with van der Waals surface area (Å²) in [6, 6.07) is 5.61. The van der Waals surface area contributed by atoms with Gasteiger partial charge in [-0.1, -0.05) is 6.07 Å². The van der Waals surface area contributed by atoms with Gasteiger partial charge in [0.15, 0.2) is 0 Å². The normalized spacial score (nSPS) is 14.1. The number of nitrogens with zero attached hydrogens (tertiary/aromatic N) is 2. The Balaban J connectivity index is 0.00000361. The van der Waals surface area contributed by atoms with Crippen LogP contribution in [0, 0.1) is 17.6 Å². The van der Waals surface area contributed by atoms with Crippen LogP contribution in [0.15, 0.2) is 48.8 Å². The Hall–Kier alpha value is -3.31. The topological polar surface area (TPSA) is 76.1 Å². The number of halogens is 6. The lowest BCUT2D eigenvalue weighted by Crippen LogP contribution is -2.30. The number of amides is 1. The lowest BCUT2D eigenvalue weighted by Gasteiger charge is -2.23. The van der Waals surface area contributed by atoms with Crippen molar-refractivity contribution in [1.82, 2.24) is 15.3 Å². The minimum atomic E-state index is -4.95. The second kappa shape index (κ2) is 11.6. The van der Waals surface area contributed by atoms with Crippen LogP contribution in [-0.4, -0.2) is 35.6 Å². The summed E-state index contributed by atoms with van der Waals surface area (Å²) in [5.41, 5.74) is -3.64. The van der Waals surface area contributed by atoms with Crippen molar-refractivity contribution in [3.8, 4) is 17.0 Å². The summed E-state index contributed by atoms with van der Waals surface area (Å²) < 4.78 is 75.1. The van der Waals surface area contributed by atoms with Gasteiger partial charge in [0.1, 0.15) is 28.8 Å². The number of aromatic nitrogens is 2. The van der Waals surface area contributed by atoms with E-state index in [1.54, 1.807) is 6.07 Å². The van der Waals surface area contributed by atoms with Crippen molar-refractivity contribution in [2.45, 2.75) is 19.0 Å². The summed E-state index contributed by atoms with van der Waals surface area (Å²) in [7, 11) is 0. The first-order chi connectivity index (χ1) is 16.7. The quantitative estimate of drug-likeness (QED) is 0.414. The van der Waals surface area contributed by atoms with E-state index >= 15 is 0 Å². The zero-order valence-corrected chi connectivity index (χ0v) is 19.6. The highest BCUT2D eigenvalue weighted by Gasteiger charge is 2.36. The van der Waals surface area contributed by atoms with E-state index in [1.165, 1.54) is 12.4 Å². The van der Waals surface area contributed by atoms with Crippen molar-refractivity contribution in [2.75, 3.05) is 25.0 Å². The fourth-order valence-corrected chi connectivity index (χ4v) is 3.77. The molecule has 0 unspecified atom stereocenters. The van der Waals surface area contributed by atoms with Gasteiger partial charge in [-0.25, -0.2) is 13.8 Å². The molecule has 2 N–H and O–H groups in total. The number of nitrogens with one attached hydrogen (secondary N) is 2. The van der Waals surface area contributed by atoms with Crippen LogP contribution >= 0.6 is 12.4 Å². The van der Waals surface area contributed by atoms with Crippen LogP contribution in [0.5, 0.6) is 5.75 Å². The molecule has 1 saturated heterocycles. The average molecular weight is 529 g/mol. The summed E-state index contributed by atoms with van der Waals surface area (Å²) in [6.45, 7) is 2.20. The molecule has 0 atom stereocenters. The number of carbonyl (C=O) groups is 1. The number of alkyl halides is 3. The van der Waals surface area contributed by atoms with E-state index in [4.69, 9.17) is 4.74 Å². The zero-order chi connectivity index (χ0) is 25.0. The molecule has 36 heavy (non-hydrogen) atoms. The summed E-state index contributed by atoms with van der Waals surface area (Å²) in [4.78, 5) is 20.5. The Kier molecular flexibility index (Phi) is 8.80. The molecule has 1 aliphatic heterocycles. The van der Waals surface area contributed by atoms with Gasteiger partial charge in [-0.2, -0.15) is 13.2 Å². The highest BCUT2D eigenvalue weighted by atomic mass is 35.5. The fourth-order valence-electron chi connectivity index (χ4n) is 3.77. The average Bonchev–Trinajstić information content (AvgIpc) is 2.83. The van der Waals surface area contributed by atoms with Gasteiger partial charge in [0.25, 0.3) is 5.91 Å². The monoisotopic (exact) mass is 528 g/mol. The van der Waals surface area contributed by atoms with Gasteiger partial charge < -0.3 is 15.4 Å². The largest absolute Gasteiger partial charge is 0.491 e. The SMILES string of the molecule is Cl.O=C(Nc1cnccc1OCC1CCNCC1)c1ccc(C(F)(F)F)c(-c2c(F)cccc2F)n1. The van der Waals surface area contributed by atoms with Crippen LogP contribution < -0.4 is 15.4 Å². The second-order valence-corrected chi connectivity index (χ2v) is 8.02. The third kappa shape index (κ3) is 6.27. The smallest absolute Gasteiger partial charge is 0.418 e. The number of carbonyl (C=O) groups excluding carboxylic acids is 1. The van der Waals surface area contributed by atoms with Crippen LogP contribution in [-0.2, 0) is 6.18 Å². The highest BCUT2D eigenvalue weighted by molar-refractivity contribution is 6.04. The molecule has 12 heteroatoms. The molecule has 0 radical (unpaired) electrons. The molecule has 1 aliphatic rings. The van der Waals surface area contributed by atoms with E-state index in [0.717, 1.165) is 50.2 Å². The number of hydrogen-bond donors (Lipinski definition) is 2. The first-order valence-corrected chi connectivity index (χ1v) is 10.9. The predicted octanol–water partition coefficient (Wildman–Crippen LogP) is 5.49. The molecule has 6 nitrogen and oxygen atoms in total. The summed E-state index contributed by atoms with van der Waals surface area (Å²) >= 11 is 0. The molecule has 192 valence electrons. The Morgan fingerprint density at radius 2 is 1.78 bits per heavy atom. The molecule has 0 bridgehead atoms. The number of anilines is 1. The van der Waals surface area contributed by atoms with Gasteiger partial charge in [-0.15, -0.1) is 12.4 Å². The number of piperidine rings is 1. The van der Waals surface area contributed by atoms with Gasteiger partial charge in [-0.3, -0.25) is 9.78 Å². The van der Waals surface area contributed by atoms with Crippen LogP contribution in [0.3, 0.4) is 0 Å². The van der Waals surface area contributed by atoms with Crippen LogP contribution in [0.2, 0.25) is 0 Å². The first-order valence-electron chi connectivity index (χ1n) is 10.9. The number of ether oxygens (including phenoxy) is 1. The van der Waals surface area contributed by atoms with Crippen LogP contribution in [0.25, 0.3) is 11.3 Å². The van der Waals surface area contributed by atoms with Crippen molar-refractivity contribution in [3.05, 3.63) is 71.7 Å². The Morgan fingerprint density at radius 1 is 1.08 bits per heavy atom. The third-order valence-corrected chi connectivity index (χ3v) is 5.60. The summed E-state index contributed by atoms with van der Waals surface area (Å²) in [6.07, 6.45) is -0.264. The second-order valence-electron chi connectivity index (χ2n) is 8.02. The predicted molar refractivity (Wildman–Crippen MR) is 125 cm³/mol. The minimum absolute atomic E-state index is 0. The van der Waals surface area contributed by atoms with Crippen LogP contribution in [0.1, 0.15) is 28.9 Å². The van der Waals surface area contributed by atoms with Gasteiger partial charge in [0.2, 0.25) is 0 Å². The minimum Gasteiger partial charge on any atom is -0.491 e. The van der Waals surface area contributed by atoms with E-state index in [9.17, 15) is 26.7 Å². The standard InChI is InChI=1S/C24H21F5N4O2.ClH/c25-16-2-1-3-17(26)21(16)22-15(24(27,28)29)4-5-18(32-22)23(34)33-19-12-31-11-8-20(19)35-13-14-6-9-30-10-7-14;/h1-5,8,11-12,14,30H,6-7,9-10,13H2,(H,33,34);1H. The first kappa shape index (κ1) is 27.3. The van der Waals surface area contributed by atoms with Crippen molar-refractivity contribution in [2.24, 2.45) is 5.92 Å². The van der Waals surface area contributed by atoms with Crippen molar-refractivity contribution in [3.63, 3.8) is 0 Å². The molecule has 0 saturated carbocycles. The third-order valence-electron chi connectivity index (χ3n) is 5.60. The number of benzene rings is 1. The van der Waals surface area contributed by atoms with Gasteiger partial charge >= 0.3 is 6.18 Å². The fraction of sp³-hybridized carbons (Fsp3) is 0.292. The maximum atomic E-state index is 14.3. The van der Waals surface area contributed by atoms with E-state index in [2.05, 4.69) is 20.6 Å². The van der Waals surface area contributed by atoms with E-state index in [-0.39, 0.29) is 18.1 Å². The molecule has 3 heterocycles. The Labute approximate surface area is 209 Å². The molecule has 3 aromatic rings. The van der Waals surface area contributed by atoms with Gasteiger partial charge in [-0.05, 0) is 56.1 Å². The summed E-state index contributed by atoms with van der Waals surface area (Å²) in [5, 5.41) is 5.77. The lowest BCUT2D eigenvalue weighted by molar-refractivity contribution is -0.137. The van der Waals surface area contributed by atoms with Crippen LogP contribution in [0.4, 0.5) is 27.6 Å². The molecule has 0 spiro atoms. The van der Waals surface area contributed by atoms with Gasteiger partial charge in [0, 0.05) is 12.3 Å². The maximum absolute atomic E-state index is 14.3. The lowest BCUT2D eigenvalue weighted by atomic mass is 9.99. The van der Waals surface area contributed by atoms with Crippen molar-refractivity contribution < 1.29 is 31.5 Å². The highest BCUT2D eigenvalue weighted by Crippen LogP contribution is 2.38. The number of rotatable bonds is 6. The molecular formula is C24H22ClF5N4O2. The number of hydrogen-bond acceptors (Lipinski definition) is 5. The van der Waals surface area contributed by atoms with Crippen molar-refractivity contribution >= 4 is 24.0 Å².